The number of nitrogens with zero attached hydrogens (tertiary/aromatic N) is 1. The lowest BCUT2D eigenvalue weighted by atomic mass is 10.1. The summed E-state index contributed by atoms with van der Waals surface area (Å²) >= 11 is 1.41. The van der Waals surface area contributed by atoms with Crippen molar-refractivity contribution in [3.05, 3.63) is 24.4 Å². The van der Waals surface area contributed by atoms with Gasteiger partial charge in [-0.3, -0.25) is 0 Å². The first-order valence-electron chi connectivity index (χ1n) is 5.01. The average molecular weight is 251 g/mol. The van der Waals surface area contributed by atoms with Gasteiger partial charge in [0.1, 0.15) is 5.75 Å². The molecular formula is C12H13NO3S. The molecule has 90 valence electrons. The second kappa shape index (κ2) is 5.05. The molecule has 2 aromatic rings. The zero-order chi connectivity index (χ0) is 12.3. The van der Waals surface area contributed by atoms with Crippen molar-refractivity contribution in [2.75, 3.05) is 21.3 Å². The largest absolute Gasteiger partial charge is 0.496 e. The topological polar surface area (TPSA) is 40.6 Å². The summed E-state index contributed by atoms with van der Waals surface area (Å²) in [7, 11) is 4.84. The van der Waals surface area contributed by atoms with Crippen LogP contribution in [0.1, 0.15) is 0 Å². The molecule has 0 unspecified atom stereocenters. The van der Waals surface area contributed by atoms with Gasteiger partial charge in [0.25, 0.3) is 0 Å². The second-order valence-corrected chi connectivity index (χ2v) is 4.12. The van der Waals surface area contributed by atoms with E-state index in [9.17, 15) is 0 Å². The van der Waals surface area contributed by atoms with E-state index < -0.39 is 0 Å². The van der Waals surface area contributed by atoms with Gasteiger partial charge in [0.2, 0.25) is 0 Å². The number of aromatic nitrogens is 1. The summed E-state index contributed by atoms with van der Waals surface area (Å²) in [6, 6.07) is 5.65. The van der Waals surface area contributed by atoms with Crippen LogP contribution in [-0.4, -0.2) is 25.7 Å². The van der Waals surface area contributed by atoms with Gasteiger partial charge >= 0.3 is 0 Å². The van der Waals surface area contributed by atoms with E-state index in [1.54, 1.807) is 27.5 Å². The molecule has 1 aromatic heterocycles. The van der Waals surface area contributed by atoms with Crippen LogP contribution >= 0.6 is 11.5 Å². The molecule has 1 aromatic carbocycles. The Balaban J connectivity index is 2.58. The molecule has 0 bridgehead atoms. The fourth-order valence-electron chi connectivity index (χ4n) is 1.58. The van der Waals surface area contributed by atoms with Gasteiger partial charge in [-0.2, -0.15) is 0 Å². The van der Waals surface area contributed by atoms with Crippen molar-refractivity contribution in [3.63, 3.8) is 0 Å². The van der Waals surface area contributed by atoms with Crippen molar-refractivity contribution < 1.29 is 14.2 Å². The number of rotatable bonds is 4. The van der Waals surface area contributed by atoms with Crippen LogP contribution in [0.25, 0.3) is 10.4 Å². The fraction of sp³-hybridized carbons (Fsp3) is 0.250. The predicted molar refractivity (Wildman–Crippen MR) is 67.2 cm³/mol. The summed E-state index contributed by atoms with van der Waals surface area (Å²) in [6.45, 7) is 0. The highest BCUT2D eigenvalue weighted by molar-refractivity contribution is 7.09. The smallest absolute Gasteiger partial charge is 0.164 e. The monoisotopic (exact) mass is 251 g/mol. The lowest BCUT2D eigenvalue weighted by Crippen LogP contribution is -1.94. The maximum atomic E-state index is 5.35. The molecule has 0 spiro atoms. The molecule has 0 radical (unpaired) electrons. The molecule has 0 aliphatic rings. The Bertz CT molecular complexity index is 497. The van der Waals surface area contributed by atoms with Crippen molar-refractivity contribution in [2.24, 2.45) is 0 Å². The molecule has 0 aliphatic heterocycles. The third-order valence-corrected chi connectivity index (χ3v) is 3.19. The molecule has 0 fully saturated rings. The Kier molecular flexibility index (Phi) is 3.49. The normalized spacial score (nSPS) is 10.1. The minimum Gasteiger partial charge on any atom is -0.496 e. The Labute approximate surface area is 104 Å². The van der Waals surface area contributed by atoms with E-state index >= 15 is 0 Å². The Morgan fingerprint density at radius 3 is 2.12 bits per heavy atom. The highest BCUT2D eigenvalue weighted by atomic mass is 32.1. The molecule has 4 nitrogen and oxygen atoms in total. The van der Waals surface area contributed by atoms with E-state index in [0.717, 1.165) is 16.2 Å². The Hall–Kier alpha value is -1.75. The molecule has 0 atom stereocenters. The minimum atomic E-state index is 0.651. The molecule has 0 N–H and O–H groups in total. The molecule has 5 heteroatoms. The van der Waals surface area contributed by atoms with Gasteiger partial charge in [0.15, 0.2) is 11.5 Å². The van der Waals surface area contributed by atoms with Crippen molar-refractivity contribution in [1.29, 1.82) is 0 Å². The maximum absolute atomic E-state index is 5.35. The number of benzene rings is 1. The van der Waals surface area contributed by atoms with E-state index in [4.69, 9.17) is 14.2 Å². The Morgan fingerprint density at radius 1 is 0.941 bits per heavy atom. The van der Waals surface area contributed by atoms with Crippen LogP contribution in [-0.2, 0) is 0 Å². The number of hydrogen-bond acceptors (Lipinski definition) is 5. The van der Waals surface area contributed by atoms with E-state index in [0.29, 0.717) is 11.5 Å². The summed E-state index contributed by atoms with van der Waals surface area (Å²) in [4.78, 5) is 1.03. The molecule has 17 heavy (non-hydrogen) atoms. The first-order chi connectivity index (χ1) is 8.30. The lowest BCUT2D eigenvalue weighted by molar-refractivity contribution is 0.349. The van der Waals surface area contributed by atoms with Crippen molar-refractivity contribution in [2.45, 2.75) is 0 Å². The summed E-state index contributed by atoms with van der Waals surface area (Å²) in [5, 5.41) is 0. The van der Waals surface area contributed by atoms with Crippen molar-refractivity contribution in [3.8, 4) is 27.7 Å². The molecule has 2 rings (SSSR count). The van der Waals surface area contributed by atoms with Gasteiger partial charge in [-0.25, -0.2) is 4.37 Å². The molecule has 0 saturated carbocycles. The van der Waals surface area contributed by atoms with Crippen LogP contribution < -0.4 is 14.2 Å². The highest BCUT2D eigenvalue weighted by Crippen LogP contribution is 2.40. The highest BCUT2D eigenvalue weighted by Gasteiger charge is 2.14. The zero-order valence-corrected chi connectivity index (χ0v) is 10.7. The maximum Gasteiger partial charge on any atom is 0.164 e. The first kappa shape index (κ1) is 11.7. The second-order valence-electron chi connectivity index (χ2n) is 3.28. The number of methoxy groups -OCH3 is 3. The third kappa shape index (κ3) is 2.19. The average Bonchev–Trinajstić information content (AvgIpc) is 2.90. The SMILES string of the molecule is COc1cc(OC)c(-c2ccns2)cc1OC. The van der Waals surface area contributed by atoms with Crippen LogP contribution in [0.3, 0.4) is 0 Å². The van der Waals surface area contributed by atoms with Crippen LogP contribution in [0.4, 0.5) is 0 Å². The quantitative estimate of drug-likeness (QED) is 0.837. The molecule has 1 heterocycles. The predicted octanol–water partition coefficient (Wildman–Crippen LogP) is 2.84. The van der Waals surface area contributed by atoms with Crippen molar-refractivity contribution in [1.82, 2.24) is 4.37 Å². The fourth-order valence-corrected chi connectivity index (χ4v) is 2.19. The van der Waals surface area contributed by atoms with Gasteiger partial charge in [0, 0.05) is 17.8 Å². The van der Waals surface area contributed by atoms with Crippen LogP contribution in [0.5, 0.6) is 17.2 Å². The van der Waals surface area contributed by atoms with Gasteiger partial charge in [-0.1, -0.05) is 0 Å². The van der Waals surface area contributed by atoms with E-state index in [2.05, 4.69) is 4.37 Å². The first-order valence-corrected chi connectivity index (χ1v) is 5.78. The summed E-state index contributed by atoms with van der Waals surface area (Å²) in [6.07, 6.45) is 1.76. The summed E-state index contributed by atoms with van der Waals surface area (Å²) in [5.41, 5.74) is 0.952. The molecule has 0 amide bonds. The molecular weight excluding hydrogens is 238 g/mol. The molecule has 0 aliphatic carbocycles. The third-order valence-electron chi connectivity index (χ3n) is 2.41. The minimum absolute atomic E-state index is 0.651. The lowest BCUT2D eigenvalue weighted by Gasteiger charge is -2.12. The Morgan fingerprint density at radius 2 is 1.59 bits per heavy atom. The van der Waals surface area contributed by atoms with Crippen LogP contribution in [0.2, 0.25) is 0 Å². The zero-order valence-electron chi connectivity index (χ0n) is 9.89. The van der Waals surface area contributed by atoms with Crippen molar-refractivity contribution >= 4 is 11.5 Å². The summed E-state index contributed by atoms with van der Waals surface area (Å²) in [5.74, 6) is 2.07. The number of hydrogen-bond donors (Lipinski definition) is 0. The van der Waals surface area contributed by atoms with E-state index in [1.165, 1.54) is 11.5 Å². The molecule has 0 saturated heterocycles. The van der Waals surface area contributed by atoms with Crippen LogP contribution in [0.15, 0.2) is 24.4 Å². The van der Waals surface area contributed by atoms with Gasteiger partial charge in [0.05, 0.1) is 26.2 Å². The number of ether oxygens (including phenoxy) is 3. The summed E-state index contributed by atoms with van der Waals surface area (Å²) < 4.78 is 20.0. The van der Waals surface area contributed by atoms with Gasteiger partial charge in [-0.05, 0) is 23.7 Å². The van der Waals surface area contributed by atoms with Gasteiger partial charge < -0.3 is 14.2 Å². The van der Waals surface area contributed by atoms with E-state index in [-0.39, 0.29) is 0 Å². The van der Waals surface area contributed by atoms with Crippen LogP contribution in [0, 0.1) is 0 Å². The van der Waals surface area contributed by atoms with Gasteiger partial charge in [-0.15, -0.1) is 0 Å². The standard InChI is InChI=1S/C12H13NO3S/c1-14-9-7-11(16-3)10(15-2)6-8(9)12-4-5-13-17-12/h4-7H,1-3H3. The van der Waals surface area contributed by atoms with E-state index in [1.807, 2.05) is 18.2 Å².